The van der Waals surface area contributed by atoms with Gasteiger partial charge in [0.15, 0.2) is 0 Å². The molecule has 0 saturated heterocycles. The number of carbonyl (C=O) groups excluding carboxylic acids is 2. The molecular formula is C24H27N3O2. The molecule has 150 valence electrons. The van der Waals surface area contributed by atoms with Crippen LogP contribution < -0.4 is 5.32 Å². The fourth-order valence-electron chi connectivity index (χ4n) is 3.56. The van der Waals surface area contributed by atoms with Crippen molar-refractivity contribution in [2.45, 2.75) is 27.7 Å². The number of para-hydroxylation sites is 1. The minimum absolute atomic E-state index is 0.000664. The van der Waals surface area contributed by atoms with E-state index >= 15 is 0 Å². The van der Waals surface area contributed by atoms with Crippen LogP contribution in [-0.2, 0) is 0 Å². The largest absolute Gasteiger partial charge is 0.339 e. The van der Waals surface area contributed by atoms with Crippen LogP contribution in [-0.4, -0.2) is 34.4 Å². The van der Waals surface area contributed by atoms with Crippen LogP contribution >= 0.6 is 0 Å². The third-order valence-electron chi connectivity index (χ3n) is 5.13. The maximum atomic E-state index is 12.9. The number of aryl methyl sites for hydroxylation is 1. The van der Waals surface area contributed by atoms with Crippen molar-refractivity contribution in [3.05, 3.63) is 83.2 Å². The molecule has 2 aromatic carbocycles. The van der Waals surface area contributed by atoms with Crippen LogP contribution in [0.25, 0.3) is 5.69 Å². The summed E-state index contributed by atoms with van der Waals surface area (Å²) in [6.07, 6.45) is 0. The summed E-state index contributed by atoms with van der Waals surface area (Å²) in [5, 5.41) is 2.94. The fourth-order valence-corrected chi connectivity index (χ4v) is 3.56. The average molecular weight is 389 g/mol. The second-order valence-corrected chi connectivity index (χ2v) is 6.96. The molecule has 0 bridgehead atoms. The highest BCUT2D eigenvalue weighted by molar-refractivity contribution is 6.05. The zero-order valence-corrected chi connectivity index (χ0v) is 17.4. The first kappa shape index (κ1) is 20.4. The molecule has 5 heteroatoms. The molecule has 0 aliphatic carbocycles. The van der Waals surface area contributed by atoms with Crippen molar-refractivity contribution in [1.82, 2.24) is 9.47 Å². The van der Waals surface area contributed by atoms with Crippen LogP contribution in [0.5, 0.6) is 0 Å². The van der Waals surface area contributed by atoms with E-state index in [9.17, 15) is 9.59 Å². The predicted octanol–water partition coefficient (Wildman–Crippen LogP) is 4.83. The van der Waals surface area contributed by atoms with Gasteiger partial charge in [0, 0.05) is 41.4 Å². The van der Waals surface area contributed by atoms with Crippen molar-refractivity contribution in [3.8, 4) is 5.69 Å². The molecule has 29 heavy (non-hydrogen) atoms. The third-order valence-corrected chi connectivity index (χ3v) is 5.13. The van der Waals surface area contributed by atoms with Crippen LogP contribution in [0.2, 0.25) is 0 Å². The summed E-state index contributed by atoms with van der Waals surface area (Å²) >= 11 is 0. The summed E-state index contributed by atoms with van der Waals surface area (Å²) in [4.78, 5) is 27.0. The minimum atomic E-state index is -0.164. The van der Waals surface area contributed by atoms with E-state index in [0.717, 1.165) is 17.1 Å². The van der Waals surface area contributed by atoms with Gasteiger partial charge in [-0.15, -0.1) is 0 Å². The van der Waals surface area contributed by atoms with E-state index in [2.05, 4.69) is 9.88 Å². The van der Waals surface area contributed by atoms with E-state index < -0.39 is 0 Å². The first-order chi connectivity index (χ1) is 14.0. The Labute approximate surface area is 172 Å². The first-order valence-corrected chi connectivity index (χ1v) is 9.91. The Bertz CT molecular complexity index is 1000. The van der Waals surface area contributed by atoms with Crippen LogP contribution in [0.4, 0.5) is 5.69 Å². The molecule has 0 aliphatic heterocycles. The molecule has 0 spiro atoms. The summed E-state index contributed by atoms with van der Waals surface area (Å²) in [6.45, 7) is 9.20. The molecule has 1 aromatic heterocycles. The van der Waals surface area contributed by atoms with Crippen LogP contribution in [0, 0.1) is 13.8 Å². The summed E-state index contributed by atoms with van der Waals surface area (Å²) in [7, 11) is 0. The van der Waals surface area contributed by atoms with Crippen molar-refractivity contribution in [3.63, 3.8) is 0 Å². The van der Waals surface area contributed by atoms with Gasteiger partial charge in [-0.05, 0) is 70.2 Å². The summed E-state index contributed by atoms with van der Waals surface area (Å²) in [5.41, 5.74) is 4.83. The number of anilines is 1. The third kappa shape index (κ3) is 4.24. The lowest BCUT2D eigenvalue weighted by molar-refractivity contribution is 0.0773. The summed E-state index contributed by atoms with van der Waals surface area (Å²) in [5.74, 6) is -0.164. The maximum absolute atomic E-state index is 12.9. The first-order valence-electron chi connectivity index (χ1n) is 9.91. The number of nitrogens with one attached hydrogen (secondary N) is 1. The normalized spacial score (nSPS) is 10.6. The SMILES string of the molecule is CCN(CC)C(=O)c1ccc(NC(=O)c2cc(C)n(-c3ccccc3)c2C)cc1. The second-order valence-electron chi connectivity index (χ2n) is 6.96. The van der Waals surface area contributed by atoms with Gasteiger partial charge in [-0.3, -0.25) is 9.59 Å². The number of carbonyl (C=O) groups is 2. The molecule has 2 amide bonds. The van der Waals surface area contributed by atoms with Gasteiger partial charge in [0.2, 0.25) is 0 Å². The maximum Gasteiger partial charge on any atom is 0.257 e. The number of rotatable bonds is 6. The molecule has 0 unspecified atom stereocenters. The Kier molecular flexibility index (Phi) is 6.17. The molecule has 0 aliphatic rings. The van der Waals surface area contributed by atoms with Crippen LogP contribution in [0.3, 0.4) is 0 Å². The van der Waals surface area contributed by atoms with E-state index in [1.165, 1.54) is 0 Å². The van der Waals surface area contributed by atoms with Crippen LogP contribution in [0.15, 0.2) is 60.7 Å². The second kappa shape index (κ2) is 8.78. The Hall–Kier alpha value is -3.34. The Morgan fingerprint density at radius 1 is 0.931 bits per heavy atom. The van der Waals surface area contributed by atoms with Crippen LogP contribution in [0.1, 0.15) is 46.0 Å². The molecule has 3 aromatic rings. The van der Waals surface area contributed by atoms with E-state index in [-0.39, 0.29) is 11.8 Å². The molecule has 0 radical (unpaired) electrons. The number of hydrogen-bond acceptors (Lipinski definition) is 2. The van der Waals surface area contributed by atoms with E-state index in [1.54, 1.807) is 29.2 Å². The van der Waals surface area contributed by atoms with Crippen molar-refractivity contribution in [2.75, 3.05) is 18.4 Å². The van der Waals surface area contributed by atoms with E-state index in [0.29, 0.717) is 29.9 Å². The number of benzene rings is 2. The molecule has 1 N–H and O–H groups in total. The zero-order chi connectivity index (χ0) is 21.0. The standard InChI is InChI=1S/C24H27N3O2/c1-5-26(6-2)24(29)19-12-14-20(15-13-19)25-23(28)22-16-17(3)27(18(22)4)21-10-8-7-9-11-21/h7-16H,5-6H2,1-4H3,(H,25,28). The van der Waals surface area contributed by atoms with Gasteiger partial charge in [-0.2, -0.15) is 0 Å². The smallest absolute Gasteiger partial charge is 0.257 e. The molecule has 3 rings (SSSR count). The number of hydrogen-bond donors (Lipinski definition) is 1. The Balaban J connectivity index is 1.78. The van der Waals surface area contributed by atoms with Gasteiger partial charge >= 0.3 is 0 Å². The summed E-state index contributed by atoms with van der Waals surface area (Å²) < 4.78 is 2.07. The highest BCUT2D eigenvalue weighted by Crippen LogP contribution is 2.22. The fraction of sp³-hybridized carbons (Fsp3) is 0.250. The Morgan fingerprint density at radius 2 is 1.55 bits per heavy atom. The monoisotopic (exact) mass is 389 g/mol. The Morgan fingerprint density at radius 3 is 2.14 bits per heavy atom. The lowest BCUT2D eigenvalue weighted by atomic mass is 10.1. The minimum Gasteiger partial charge on any atom is -0.339 e. The molecule has 1 heterocycles. The van der Waals surface area contributed by atoms with Gasteiger partial charge in [0.05, 0.1) is 5.56 Å². The number of aromatic nitrogens is 1. The average Bonchev–Trinajstić information content (AvgIpc) is 3.04. The van der Waals surface area contributed by atoms with Gasteiger partial charge < -0.3 is 14.8 Å². The lowest BCUT2D eigenvalue weighted by Crippen LogP contribution is -2.30. The van der Waals surface area contributed by atoms with Gasteiger partial charge in [-0.1, -0.05) is 18.2 Å². The van der Waals surface area contributed by atoms with Crippen molar-refractivity contribution in [1.29, 1.82) is 0 Å². The zero-order valence-electron chi connectivity index (χ0n) is 17.4. The number of amides is 2. The quantitative estimate of drug-likeness (QED) is 0.657. The topological polar surface area (TPSA) is 54.3 Å². The highest BCUT2D eigenvalue weighted by atomic mass is 16.2. The predicted molar refractivity (Wildman–Crippen MR) is 117 cm³/mol. The van der Waals surface area contributed by atoms with E-state index in [4.69, 9.17) is 0 Å². The highest BCUT2D eigenvalue weighted by Gasteiger charge is 2.17. The van der Waals surface area contributed by atoms with E-state index in [1.807, 2.05) is 64.1 Å². The number of nitrogens with zero attached hydrogens (tertiary/aromatic N) is 2. The molecular weight excluding hydrogens is 362 g/mol. The summed E-state index contributed by atoms with van der Waals surface area (Å²) in [6, 6.07) is 18.9. The van der Waals surface area contributed by atoms with Gasteiger partial charge in [-0.25, -0.2) is 0 Å². The van der Waals surface area contributed by atoms with Gasteiger partial charge in [0.1, 0.15) is 0 Å². The molecule has 0 saturated carbocycles. The van der Waals surface area contributed by atoms with Gasteiger partial charge in [0.25, 0.3) is 11.8 Å². The van der Waals surface area contributed by atoms with Crippen molar-refractivity contribution < 1.29 is 9.59 Å². The molecule has 0 fully saturated rings. The molecule has 0 atom stereocenters. The molecule has 5 nitrogen and oxygen atoms in total. The van der Waals surface area contributed by atoms with Crippen molar-refractivity contribution in [2.24, 2.45) is 0 Å². The lowest BCUT2D eigenvalue weighted by Gasteiger charge is -2.18. The van der Waals surface area contributed by atoms with Crippen molar-refractivity contribution >= 4 is 17.5 Å².